The van der Waals surface area contributed by atoms with Gasteiger partial charge in [0.1, 0.15) is 11.5 Å². The zero-order valence-electron chi connectivity index (χ0n) is 12.0. The predicted molar refractivity (Wildman–Crippen MR) is 79.0 cm³/mol. The Hall–Kier alpha value is -1.69. The first-order chi connectivity index (χ1) is 10.1. The molecule has 1 unspecified atom stereocenters. The molecule has 6 heteroatoms. The first-order valence-corrected chi connectivity index (χ1v) is 7.49. The first kappa shape index (κ1) is 14.3. The van der Waals surface area contributed by atoms with Crippen LogP contribution in [-0.4, -0.2) is 31.1 Å². The van der Waals surface area contributed by atoms with Crippen LogP contribution in [0.3, 0.4) is 0 Å². The van der Waals surface area contributed by atoms with Crippen LogP contribution in [0, 0.1) is 21.3 Å². The Morgan fingerprint density at radius 3 is 2.86 bits per heavy atom. The number of hydrogen-bond acceptors (Lipinski definition) is 4. The average molecular weight is 293 g/mol. The van der Waals surface area contributed by atoms with Crippen LogP contribution in [-0.2, 0) is 0 Å². The van der Waals surface area contributed by atoms with Crippen LogP contribution in [0.2, 0.25) is 0 Å². The van der Waals surface area contributed by atoms with E-state index >= 15 is 0 Å². The third-order valence-electron chi connectivity index (χ3n) is 4.70. The standard InChI is InChI=1S/C15H20FN3O2/c16-12-3-4-13(14(9-12)19(20)21)18-8-2-6-15(11-18)5-1-7-17-10-15/h3-4,9,17H,1-2,5-8,10-11H2. The van der Waals surface area contributed by atoms with Gasteiger partial charge in [-0.15, -0.1) is 0 Å². The van der Waals surface area contributed by atoms with Crippen LogP contribution in [0.15, 0.2) is 18.2 Å². The summed E-state index contributed by atoms with van der Waals surface area (Å²) in [6, 6.07) is 3.88. The predicted octanol–water partition coefficient (Wildman–Crippen LogP) is 2.70. The molecule has 2 fully saturated rings. The SMILES string of the molecule is O=[N+]([O-])c1cc(F)ccc1N1CCCC2(CCCNC2)C1. The zero-order chi connectivity index (χ0) is 14.9. The van der Waals surface area contributed by atoms with Gasteiger partial charge in [0.05, 0.1) is 11.0 Å². The Labute approximate surface area is 123 Å². The molecule has 0 aromatic heterocycles. The lowest BCUT2D eigenvalue weighted by atomic mass is 9.74. The Bertz CT molecular complexity index is 538. The van der Waals surface area contributed by atoms with Crippen molar-refractivity contribution in [2.75, 3.05) is 31.1 Å². The highest BCUT2D eigenvalue weighted by molar-refractivity contribution is 5.63. The van der Waals surface area contributed by atoms with Crippen molar-refractivity contribution < 1.29 is 9.31 Å². The number of nitro benzene ring substituents is 1. The van der Waals surface area contributed by atoms with E-state index in [0.717, 1.165) is 57.9 Å². The maximum Gasteiger partial charge on any atom is 0.295 e. The fraction of sp³-hybridized carbons (Fsp3) is 0.600. The van der Waals surface area contributed by atoms with Gasteiger partial charge in [0, 0.05) is 25.0 Å². The molecule has 1 spiro atoms. The fourth-order valence-corrected chi connectivity index (χ4v) is 3.70. The van der Waals surface area contributed by atoms with Gasteiger partial charge in [0.15, 0.2) is 0 Å². The van der Waals surface area contributed by atoms with Crippen molar-refractivity contribution in [2.45, 2.75) is 25.7 Å². The topological polar surface area (TPSA) is 58.4 Å². The van der Waals surface area contributed by atoms with Crippen molar-refractivity contribution in [1.29, 1.82) is 0 Å². The van der Waals surface area contributed by atoms with Crippen molar-refractivity contribution >= 4 is 11.4 Å². The van der Waals surface area contributed by atoms with E-state index in [1.54, 1.807) is 6.07 Å². The van der Waals surface area contributed by atoms with Gasteiger partial charge < -0.3 is 10.2 Å². The van der Waals surface area contributed by atoms with E-state index in [0.29, 0.717) is 5.69 Å². The average Bonchev–Trinajstić information content (AvgIpc) is 2.48. The highest BCUT2D eigenvalue weighted by Crippen LogP contribution is 2.40. The molecule has 2 saturated heterocycles. The number of anilines is 1. The van der Waals surface area contributed by atoms with E-state index in [-0.39, 0.29) is 11.1 Å². The minimum Gasteiger partial charge on any atom is -0.365 e. The van der Waals surface area contributed by atoms with E-state index in [9.17, 15) is 14.5 Å². The molecule has 0 amide bonds. The normalized spacial score (nSPS) is 26.0. The zero-order valence-corrected chi connectivity index (χ0v) is 12.0. The number of rotatable bonds is 2. The Morgan fingerprint density at radius 1 is 1.33 bits per heavy atom. The minimum atomic E-state index is -0.559. The van der Waals surface area contributed by atoms with Crippen LogP contribution in [0.1, 0.15) is 25.7 Å². The summed E-state index contributed by atoms with van der Waals surface area (Å²) < 4.78 is 13.3. The molecule has 0 saturated carbocycles. The monoisotopic (exact) mass is 293 g/mol. The van der Waals surface area contributed by atoms with Crippen LogP contribution in [0.4, 0.5) is 15.8 Å². The minimum absolute atomic E-state index is 0.129. The highest BCUT2D eigenvalue weighted by atomic mass is 19.1. The summed E-state index contributed by atoms with van der Waals surface area (Å²) in [5, 5.41) is 14.6. The first-order valence-electron chi connectivity index (χ1n) is 7.49. The van der Waals surface area contributed by atoms with Gasteiger partial charge in [0.2, 0.25) is 0 Å². The quantitative estimate of drug-likeness (QED) is 0.673. The van der Waals surface area contributed by atoms with Gasteiger partial charge >= 0.3 is 0 Å². The number of nitrogens with zero attached hydrogens (tertiary/aromatic N) is 2. The van der Waals surface area contributed by atoms with E-state index in [4.69, 9.17) is 0 Å². The molecule has 1 aromatic rings. The van der Waals surface area contributed by atoms with Gasteiger partial charge in [-0.1, -0.05) is 0 Å². The summed E-state index contributed by atoms with van der Waals surface area (Å²) >= 11 is 0. The summed E-state index contributed by atoms with van der Waals surface area (Å²) in [7, 11) is 0. The van der Waals surface area contributed by atoms with Crippen molar-refractivity contribution in [3.8, 4) is 0 Å². The smallest absolute Gasteiger partial charge is 0.295 e. The molecule has 2 aliphatic heterocycles. The molecule has 0 radical (unpaired) electrons. The van der Waals surface area contributed by atoms with E-state index in [2.05, 4.69) is 10.2 Å². The molecule has 0 bridgehead atoms. The second kappa shape index (κ2) is 5.60. The van der Waals surface area contributed by atoms with Crippen molar-refractivity contribution in [3.63, 3.8) is 0 Å². The Morgan fingerprint density at radius 2 is 2.14 bits per heavy atom. The van der Waals surface area contributed by atoms with Crippen LogP contribution >= 0.6 is 0 Å². The van der Waals surface area contributed by atoms with Crippen LogP contribution < -0.4 is 10.2 Å². The maximum atomic E-state index is 13.3. The summed E-state index contributed by atoms with van der Waals surface area (Å²) in [5.74, 6) is -0.559. The van der Waals surface area contributed by atoms with E-state index < -0.39 is 10.7 Å². The lowest BCUT2D eigenvalue weighted by Gasteiger charge is -2.46. The van der Waals surface area contributed by atoms with Gasteiger partial charge in [-0.3, -0.25) is 10.1 Å². The Balaban J connectivity index is 1.88. The number of piperidine rings is 2. The van der Waals surface area contributed by atoms with Gasteiger partial charge in [-0.2, -0.15) is 0 Å². The molecule has 1 aromatic carbocycles. The molecular weight excluding hydrogens is 273 g/mol. The molecule has 0 aliphatic carbocycles. The summed E-state index contributed by atoms with van der Waals surface area (Å²) in [4.78, 5) is 12.8. The number of nitrogens with one attached hydrogen (secondary N) is 1. The molecule has 5 nitrogen and oxygen atoms in total. The van der Waals surface area contributed by atoms with E-state index in [1.807, 2.05) is 0 Å². The number of halogens is 1. The fourth-order valence-electron chi connectivity index (χ4n) is 3.70. The van der Waals surface area contributed by atoms with Crippen molar-refractivity contribution in [3.05, 3.63) is 34.1 Å². The second-order valence-electron chi connectivity index (χ2n) is 6.20. The lowest BCUT2D eigenvalue weighted by Crippen LogP contribution is -2.51. The van der Waals surface area contributed by atoms with Gasteiger partial charge in [-0.05, 0) is 44.4 Å². The molecular formula is C15H20FN3O2. The summed E-state index contributed by atoms with van der Waals surface area (Å²) in [6.45, 7) is 3.64. The second-order valence-corrected chi connectivity index (χ2v) is 6.20. The summed E-state index contributed by atoms with van der Waals surface area (Å²) in [5.41, 5.74) is 0.625. The van der Waals surface area contributed by atoms with Crippen LogP contribution in [0.25, 0.3) is 0 Å². The van der Waals surface area contributed by atoms with Crippen LogP contribution in [0.5, 0.6) is 0 Å². The Kier molecular flexibility index (Phi) is 3.80. The molecule has 2 heterocycles. The van der Waals surface area contributed by atoms with Crippen molar-refractivity contribution in [1.82, 2.24) is 5.32 Å². The molecule has 21 heavy (non-hydrogen) atoms. The van der Waals surface area contributed by atoms with Crippen molar-refractivity contribution in [2.24, 2.45) is 5.41 Å². The molecule has 2 aliphatic rings. The maximum absolute atomic E-state index is 13.3. The third-order valence-corrected chi connectivity index (χ3v) is 4.70. The number of benzene rings is 1. The number of nitro groups is 1. The highest BCUT2D eigenvalue weighted by Gasteiger charge is 2.38. The largest absolute Gasteiger partial charge is 0.365 e. The molecule has 1 N–H and O–H groups in total. The third kappa shape index (κ3) is 2.85. The molecule has 1 atom stereocenters. The van der Waals surface area contributed by atoms with E-state index in [1.165, 1.54) is 6.07 Å². The van der Waals surface area contributed by atoms with Gasteiger partial charge in [0.25, 0.3) is 5.69 Å². The van der Waals surface area contributed by atoms with Gasteiger partial charge in [-0.25, -0.2) is 4.39 Å². The number of hydrogen-bond donors (Lipinski definition) is 1. The molecule has 3 rings (SSSR count). The molecule has 114 valence electrons. The lowest BCUT2D eigenvalue weighted by molar-refractivity contribution is -0.384. The summed E-state index contributed by atoms with van der Waals surface area (Å²) in [6.07, 6.45) is 4.49.